The number of carbonyl (C=O) groups is 5. The topological polar surface area (TPSA) is 557 Å². The van der Waals surface area contributed by atoms with Gasteiger partial charge in [-0.15, -0.1) is 0 Å². The first kappa shape index (κ1) is 85.5. The minimum Gasteiger partial charge on any atom is -0.479 e. The number of allylic oxidation sites excluding steroid dienone is 2. The van der Waals surface area contributed by atoms with Crippen molar-refractivity contribution in [1.29, 1.82) is 0 Å². The van der Waals surface area contributed by atoms with E-state index in [1.165, 1.54) is 13.8 Å². The van der Waals surface area contributed by atoms with Gasteiger partial charge in [-0.25, -0.2) is 4.79 Å². The highest BCUT2D eigenvalue weighted by Crippen LogP contribution is 2.76. The van der Waals surface area contributed by atoms with Crippen LogP contribution in [-0.4, -0.2) is 341 Å². The number of aliphatic hydroxyl groups is 15. The van der Waals surface area contributed by atoms with Gasteiger partial charge in [-0.3, -0.25) is 14.4 Å². The van der Waals surface area contributed by atoms with E-state index in [4.69, 9.17) is 75.8 Å². The minimum atomic E-state index is -2.22. The van der Waals surface area contributed by atoms with Crippen molar-refractivity contribution in [3.8, 4) is 0 Å². The quantitative estimate of drug-likeness (QED) is 0.0181. The first-order chi connectivity index (χ1) is 51.6. The van der Waals surface area contributed by atoms with Crippen LogP contribution in [0.15, 0.2) is 11.6 Å². The third-order valence-electron chi connectivity index (χ3n) is 27.0. The number of ether oxygens (including phenoxy) is 16. The SMILES string of the molecule is CC(=O)OC[C@@H]1O[C@H](O[C@H]2[C@@H](OC(C)=O)[C@@H](C)O[C@@H](OC(=O)[C@]34CCC(C)(C)C[C@H]3C3=CC[C@@H]5[C@@]6(C)CC[C@H](O[C@@H]7O[C@H](C(=O)O)[C@@H](O)[C@H](O[C@@H]8OC[C@@H](O)[C@H](O)[C@H]8O)[C@H]7O[C@@H]7O[C@H](CO)[C@H](O)[C@H](O)[C@H]7O)[C@@](C)(C=O)[C@@H]6CC[C@@]5(C)[C@]3(C)CC4)[C@@H]2O[C@@H]2O[C@@H](C)[C@H](O[C@@H]3OC[C@@H](O)[C@H](O)[C@H]3O)[C@@H](O)[C@H]2O)[C@H](O)[C@H]1O. The smallest absolute Gasteiger partial charge is 0.335 e. The van der Waals surface area contributed by atoms with Crippen molar-refractivity contribution in [2.24, 2.45) is 50.2 Å². The van der Waals surface area contributed by atoms with E-state index in [0.29, 0.717) is 51.4 Å². The summed E-state index contributed by atoms with van der Waals surface area (Å²) in [5.74, 6) is -5.16. The Bertz CT molecular complexity index is 3290. The molecule has 626 valence electrons. The lowest BCUT2D eigenvalue weighted by molar-refractivity contribution is -0.391. The molecule has 0 spiro atoms. The molecule has 0 unspecified atom stereocenters. The summed E-state index contributed by atoms with van der Waals surface area (Å²) in [6.45, 7) is 15.2. The maximum atomic E-state index is 16.2. The summed E-state index contributed by atoms with van der Waals surface area (Å²) in [7, 11) is 0. The number of aliphatic hydroxyl groups excluding tert-OH is 15. The molecule has 16 N–H and O–H groups in total. The Balaban J connectivity index is 0.839. The molecule has 12 aliphatic rings. The van der Waals surface area contributed by atoms with Crippen LogP contribution < -0.4 is 0 Å². The zero-order chi connectivity index (χ0) is 80.3. The van der Waals surface area contributed by atoms with Crippen molar-refractivity contribution in [2.45, 2.75) is 336 Å². The van der Waals surface area contributed by atoms with Crippen LogP contribution in [0.25, 0.3) is 0 Å². The van der Waals surface area contributed by atoms with Crippen molar-refractivity contribution >= 4 is 30.2 Å². The van der Waals surface area contributed by atoms with Gasteiger partial charge in [-0.2, -0.15) is 0 Å². The van der Waals surface area contributed by atoms with E-state index in [-0.39, 0.29) is 24.2 Å². The first-order valence-electron chi connectivity index (χ1n) is 38.1. The predicted molar refractivity (Wildman–Crippen MR) is 360 cm³/mol. The van der Waals surface area contributed by atoms with Crippen molar-refractivity contribution in [1.82, 2.24) is 0 Å². The summed E-state index contributed by atoms with van der Waals surface area (Å²) < 4.78 is 97.2. The number of rotatable bonds is 20. The fourth-order valence-corrected chi connectivity index (χ4v) is 20.5. The summed E-state index contributed by atoms with van der Waals surface area (Å²) in [5, 5.41) is 175. The number of hydrogen-bond donors (Lipinski definition) is 16. The number of aliphatic carboxylic acids is 1. The largest absolute Gasteiger partial charge is 0.479 e. The Kier molecular flexibility index (Phi) is 25.3. The van der Waals surface area contributed by atoms with Crippen LogP contribution in [0.4, 0.5) is 0 Å². The van der Waals surface area contributed by atoms with E-state index < -0.39 is 292 Å². The van der Waals surface area contributed by atoms with Crippen LogP contribution >= 0.6 is 0 Å². The van der Waals surface area contributed by atoms with Crippen LogP contribution in [0.2, 0.25) is 0 Å². The molecule has 0 bridgehead atoms. The van der Waals surface area contributed by atoms with Gasteiger partial charge in [0.05, 0.1) is 49.0 Å². The van der Waals surface area contributed by atoms with Gasteiger partial charge in [-0.05, 0) is 117 Å². The van der Waals surface area contributed by atoms with Gasteiger partial charge < -0.3 is 162 Å². The summed E-state index contributed by atoms with van der Waals surface area (Å²) in [4.78, 5) is 68.6. The molecule has 5 aliphatic carbocycles. The van der Waals surface area contributed by atoms with Gasteiger partial charge >= 0.3 is 23.9 Å². The van der Waals surface area contributed by atoms with E-state index in [0.717, 1.165) is 25.7 Å². The molecule has 0 amide bonds. The maximum Gasteiger partial charge on any atom is 0.335 e. The van der Waals surface area contributed by atoms with Crippen LogP contribution in [0, 0.1) is 50.2 Å². The highest BCUT2D eigenvalue weighted by molar-refractivity contribution is 5.79. The van der Waals surface area contributed by atoms with Gasteiger partial charge in [0.15, 0.2) is 56.1 Å². The van der Waals surface area contributed by atoms with E-state index in [1.807, 2.05) is 0 Å². The Hall–Kier alpha value is -3.83. The number of fused-ring (bicyclic) bond motifs is 7. The fourth-order valence-electron chi connectivity index (χ4n) is 20.5. The normalized spacial score (nSPS) is 52.2. The van der Waals surface area contributed by atoms with Crippen LogP contribution in [-0.2, 0) is 99.8 Å². The molecule has 37 heteroatoms. The van der Waals surface area contributed by atoms with Crippen molar-refractivity contribution < 1.29 is 181 Å². The second kappa shape index (κ2) is 32.6. The zero-order valence-electron chi connectivity index (χ0n) is 63.1. The summed E-state index contributed by atoms with van der Waals surface area (Å²) >= 11 is 0. The number of aldehydes is 1. The van der Waals surface area contributed by atoms with Crippen LogP contribution in [0.5, 0.6) is 0 Å². The summed E-state index contributed by atoms with van der Waals surface area (Å²) in [5.41, 5.74) is -3.87. The average molecular weight is 1580 g/mol. The monoisotopic (exact) mass is 1580 g/mol. The highest BCUT2D eigenvalue weighted by atomic mass is 16.8. The third-order valence-corrected chi connectivity index (χ3v) is 27.0. The standard InChI is InChI=1S/C73H112O37/c1-27-52(104-60-46(86)40(80)33(78)23-96-60)45(85)50(90)62(98-27)109-58-56(107-63-48(88)43(83)36(102-63)25-95-29(3)76)53(100-30(4)77)28(2)99-65(58)110-67(94)73-19-17-68(5,6)21-32(73)31-11-12-38-69(7)15-14-39(70(8,26-75)37(69)13-16-72(38,10)71(31,9)18-20-73)103-66-57(108-64-49(89)44(84)42(82)35(22-74)101-64)54(51(91)55(106-66)59(92)93)105-61-47(87)41(81)34(79)24-97-61/h11,26-28,32-58,60-66,74,78-91H,12-25H2,1-10H3,(H,92,93)/t27-,28+,32-,33+,34+,35+,36-,37+,38+,39-,40-,41-,42-,43-,44-,45-,46+,47+,48+,49+,50+,51-,52-,53-,54-,55-,56-,57+,58+,60-,61-,62-,63+,64-,65-,66+,69-,70-,71+,72+,73-/m0/s1. The third kappa shape index (κ3) is 15.3. The Morgan fingerprint density at radius 3 is 1.63 bits per heavy atom. The van der Waals surface area contributed by atoms with Gasteiger partial charge in [0.2, 0.25) is 6.29 Å². The fraction of sp³-hybridized carbons (Fsp3) is 0.904. The molecule has 7 heterocycles. The first-order valence-corrected chi connectivity index (χ1v) is 38.1. The van der Waals surface area contributed by atoms with Gasteiger partial charge in [-0.1, -0.05) is 53.2 Å². The molecule has 11 fully saturated rings. The summed E-state index contributed by atoms with van der Waals surface area (Å²) in [6, 6.07) is 0. The number of esters is 3. The maximum absolute atomic E-state index is 16.2. The molecule has 110 heavy (non-hydrogen) atoms. The second-order valence-corrected chi connectivity index (χ2v) is 34.2. The molecule has 0 aromatic heterocycles. The van der Waals surface area contributed by atoms with Crippen LogP contribution in [0.1, 0.15) is 133 Å². The molecule has 12 rings (SSSR count). The number of hydrogen-bond acceptors (Lipinski definition) is 36. The molecule has 0 aromatic carbocycles. The van der Waals surface area contributed by atoms with Crippen molar-refractivity contribution in [2.75, 3.05) is 26.4 Å². The van der Waals surface area contributed by atoms with Crippen molar-refractivity contribution in [3.63, 3.8) is 0 Å². The lowest BCUT2D eigenvalue weighted by atomic mass is 9.33. The zero-order valence-corrected chi connectivity index (χ0v) is 63.1. The van der Waals surface area contributed by atoms with E-state index in [9.17, 15) is 101 Å². The Morgan fingerprint density at radius 2 is 1.03 bits per heavy atom. The molecule has 0 radical (unpaired) electrons. The molecule has 7 saturated heterocycles. The predicted octanol–water partition coefficient (Wildman–Crippen LogP) is -4.18. The van der Waals surface area contributed by atoms with E-state index in [2.05, 4.69) is 40.7 Å². The van der Waals surface area contributed by atoms with Crippen LogP contribution in [0.3, 0.4) is 0 Å². The second-order valence-electron chi connectivity index (χ2n) is 34.2. The molecule has 0 aromatic rings. The van der Waals surface area contributed by atoms with Gasteiger partial charge in [0, 0.05) is 13.8 Å². The van der Waals surface area contributed by atoms with Crippen molar-refractivity contribution in [3.05, 3.63) is 11.6 Å². The molecule has 7 aliphatic heterocycles. The van der Waals surface area contributed by atoms with Gasteiger partial charge in [0.25, 0.3) is 0 Å². The minimum absolute atomic E-state index is 0.118. The molecule has 4 saturated carbocycles. The average Bonchev–Trinajstić information content (AvgIpc) is 0.682. The molecular formula is C73H112O37. The Morgan fingerprint density at radius 1 is 0.500 bits per heavy atom. The number of carboxylic acid groups (broad SMARTS) is 1. The lowest BCUT2D eigenvalue weighted by Gasteiger charge is -2.71. The number of carboxylic acids is 1. The lowest BCUT2D eigenvalue weighted by Crippen LogP contribution is -2.69. The van der Waals surface area contributed by atoms with Gasteiger partial charge in [0.1, 0.15) is 135 Å². The summed E-state index contributed by atoms with van der Waals surface area (Å²) in [6.07, 6.45) is -51.5. The van der Waals surface area contributed by atoms with E-state index >= 15 is 4.79 Å². The highest BCUT2D eigenvalue weighted by Gasteiger charge is 2.72. The Labute approximate surface area is 634 Å². The molecular weight excluding hydrogens is 1470 g/mol. The number of carbonyl (C=O) groups excluding carboxylic acids is 4. The molecule has 41 atom stereocenters. The molecule has 37 nitrogen and oxygen atoms in total. The van der Waals surface area contributed by atoms with E-state index in [1.54, 1.807) is 6.92 Å².